The molecular formula is C11H16N4O2. The third kappa shape index (κ3) is 4.50. The number of nitrogens with two attached hydrogens (primary N) is 1. The molecule has 0 fully saturated rings. The SMILES string of the molecule is CNC(=O)c1cc(NCCCC(N)=O)ccn1. The number of aromatic nitrogens is 1. The fourth-order valence-electron chi connectivity index (χ4n) is 1.29. The fourth-order valence-corrected chi connectivity index (χ4v) is 1.29. The summed E-state index contributed by atoms with van der Waals surface area (Å²) in [4.78, 5) is 25.8. The van der Waals surface area contributed by atoms with Gasteiger partial charge in [0.2, 0.25) is 5.91 Å². The van der Waals surface area contributed by atoms with Gasteiger partial charge in [-0.3, -0.25) is 14.6 Å². The lowest BCUT2D eigenvalue weighted by molar-refractivity contribution is -0.118. The summed E-state index contributed by atoms with van der Waals surface area (Å²) in [6.45, 7) is 0.625. The molecular weight excluding hydrogens is 220 g/mol. The summed E-state index contributed by atoms with van der Waals surface area (Å²) in [5, 5.41) is 5.59. The van der Waals surface area contributed by atoms with Crippen molar-refractivity contribution in [1.29, 1.82) is 0 Å². The predicted molar refractivity (Wildman–Crippen MR) is 64.5 cm³/mol. The van der Waals surface area contributed by atoms with Gasteiger partial charge in [0, 0.05) is 31.9 Å². The van der Waals surface area contributed by atoms with E-state index >= 15 is 0 Å². The first-order chi connectivity index (χ1) is 8.13. The highest BCUT2D eigenvalue weighted by molar-refractivity contribution is 5.92. The number of anilines is 1. The lowest BCUT2D eigenvalue weighted by Crippen LogP contribution is -2.19. The van der Waals surface area contributed by atoms with E-state index in [2.05, 4.69) is 15.6 Å². The van der Waals surface area contributed by atoms with Crippen LogP contribution in [0, 0.1) is 0 Å². The van der Waals surface area contributed by atoms with E-state index < -0.39 is 0 Å². The van der Waals surface area contributed by atoms with Gasteiger partial charge >= 0.3 is 0 Å². The zero-order valence-corrected chi connectivity index (χ0v) is 9.69. The third-order valence-corrected chi connectivity index (χ3v) is 2.15. The quantitative estimate of drug-likeness (QED) is 0.611. The molecule has 1 heterocycles. The topological polar surface area (TPSA) is 97.1 Å². The molecule has 1 rings (SSSR count). The lowest BCUT2D eigenvalue weighted by atomic mass is 10.2. The van der Waals surface area contributed by atoms with Crippen molar-refractivity contribution < 1.29 is 9.59 Å². The molecule has 0 aromatic carbocycles. The van der Waals surface area contributed by atoms with Crippen LogP contribution in [0.1, 0.15) is 23.3 Å². The largest absolute Gasteiger partial charge is 0.385 e. The van der Waals surface area contributed by atoms with E-state index in [1.54, 1.807) is 25.4 Å². The number of carbonyl (C=O) groups is 2. The van der Waals surface area contributed by atoms with E-state index in [9.17, 15) is 9.59 Å². The van der Waals surface area contributed by atoms with Gasteiger partial charge in [-0.15, -0.1) is 0 Å². The van der Waals surface area contributed by atoms with Gasteiger partial charge in [0.1, 0.15) is 5.69 Å². The Hall–Kier alpha value is -2.11. The molecule has 92 valence electrons. The molecule has 0 saturated heterocycles. The zero-order valence-electron chi connectivity index (χ0n) is 9.69. The van der Waals surface area contributed by atoms with Crippen molar-refractivity contribution in [2.45, 2.75) is 12.8 Å². The van der Waals surface area contributed by atoms with Crippen molar-refractivity contribution in [3.05, 3.63) is 24.0 Å². The Morgan fingerprint density at radius 2 is 2.24 bits per heavy atom. The Labute approximate surface area is 99.6 Å². The van der Waals surface area contributed by atoms with E-state index in [0.29, 0.717) is 25.1 Å². The van der Waals surface area contributed by atoms with Crippen LogP contribution in [0.3, 0.4) is 0 Å². The van der Waals surface area contributed by atoms with Gasteiger partial charge in [0.25, 0.3) is 5.91 Å². The molecule has 1 aromatic rings. The highest BCUT2D eigenvalue weighted by Crippen LogP contribution is 2.08. The minimum atomic E-state index is -0.312. The van der Waals surface area contributed by atoms with Crippen LogP contribution in [-0.4, -0.2) is 30.4 Å². The molecule has 0 aliphatic heterocycles. The fraction of sp³-hybridized carbons (Fsp3) is 0.364. The van der Waals surface area contributed by atoms with Crippen LogP contribution in [0.25, 0.3) is 0 Å². The number of amides is 2. The van der Waals surface area contributed by atoms with Crippen LogP contribution in [-0.2, 0) is 4.79 Å². The first-order valence-corrected chi connectivity index (χ1v) is 5.34. The van der Waals surface area contributed by atoms with Crippen LogP contribution >= 0.6 is 0 Å². The standard InChI is InChI=1S/C11H16N4O2/c1-13-11(17)9-7-8(4-6-15-9)14-5-2-3-10(12)16/h4,6-7H,2-3,5H2,1H3,(H2,12,16)(H,13,17)(H,14,15). The molecule has 0 radical (unpaired) electrons. The number of hydrogen-bond acceptors (Lipinski definition) is 4. The van der Waals surface area contributed by atoms with Gasteiger partial charge < -0.3 is 16.4 Å². The first-order valence-electron chi connectivity index (χ1n) is 5.34. The Kier molecular flexibility index (Phi) is 4.93. The molecule has 0 saturated carbocycles. The number of rotatable bonds is 6. The molecule has 6 nitrogen and oxygen atoms in total. The van der Waals surface area contributed by atoms with Crippen LogP contribution in [0.15, 0.2) is 18.3 Å². The van der Waals surface area contributed by atoms with E-state index in [-0.39, 0.29) is 11.8 Å². The lowest BCUT2D eigenvalue weighted by Gasteiger charge is -2.06. The summed E-state index contributed by atoms with van der Waals surface area (Å²) in [7, 11) is 1.55. The Balaban J connectivity index is 2.48. The highest BCUT2D eigenvalue weighted by Gasteiger charge is 2.04. The van der Waals surface area contributed by atoms with Gasteiger partial charge in [0.05, 0.1) is 0 Å². The van der Waals surface area contributed by atoms with E-state index in [1.165, 1.54) is 0 Å². The number of hydrogen-bond donors (Lipinski definition) is 3. The number of carbonyl (C=O) groups excluding carboxylic acids is 2. The number of primary amides is 1. The Morgan fingerprint density at radius 3 is 2.88 bits per heavy atom. The van der Waals surface area contributed by atoms with E-state index in [4.69, 9.17) is 5.73 Å². The molecule has 6 heteroatoms. The van der Waals surface area contributed by atoms with Crippen molar-refractivity contribution in [3.8, 4) is 0 Å². The molecule has 0 aliphatic rings. The second kappa shape index (κ2) is 6.47. The molecule has 0 atom stereocenters. The number of pyridine rings is 1. The van der Waals surface area contributed by atoms with Gasteiger partial charge in [-0.2, -0.15) is 0 Å². The molecule has 4 N–H and O–H groups in total. The number of nitrogens with zero attached hydrogens (tertiary/aromatic N) is 1. The van der Waals surface area contributed by atoms with Crippen LogP contribution < -0.4 is 16.4 Å². The van der Waals surface area contributed by atoms with Crippen LogP contribution in [0.5, 0.6) is 0 Å². The molecule has 0 aliphatic carbocycles. The zero-order chi connectivity index (χ0) is 12.7. The maximum atomic E-state index is 11.3. The van der Waals surface area contributed by atoms with Crippen LogP contribution in [0.4, 0.5) is 5.69 Å². The average molecular weight is 236 g/mol. The summed E-state index contributed by atoms with van der Waals surface area (Å²) in [6, 6.07) is 3.42. The Bertz CT molecular complexity index is 406. The van der Waals surface area contributed by atoms with Crippen molar-refractivity contribution >= 4 is 17.5 Å². The van der Waals surface area contributed by atoms with Crippen molar-refractivity contribution in [1.82, 2.24) is 10.3 Å². The monoisotopic (exact) mass is 236 g/mol. The van der Waals surface area contributed by atoms with Crippen molar-refractivity contribution in [2.75, 3.05) is 18.9 Å². The molecule has 0 spiro atoms. The second-order valence-electron chi connectivity index (χ2n) is 3.51. The minimum absolute atomic E-state index is 0.231. The summed E-state index contributed by atoms with van der Waals surface area (Å²) in [5.74, 6) is -0.543. The molecule has 1 aromatic heterocycles. The maximum Gasteiger partial charge on any atom is 0.269 e. The third-order valence-electron chi connectivity index (χ3n) is 2.15. The summed E-state index contributed by atoms with van der Waals surface area (Å²) < 4.78 is 0. The molecule has 0 unspecified atom stereocenters. The van der Waals surface area contributed by atoms with E-state index in [0.717, 1.165) is 5.69 Å². The first kappa shape index (κ1) is 13.0. The number of nitrogens with one attached hydrogen (secondary N) is 2. The molecule has 2 amide bonds. The predicted octanol–water partition coefficient (Wildman–Crippen LogP) is 0.119. The normalized spacial score (nSPS) is 9.71. The van der Waals surface area contributed by atoms with Gasteiger partial charge in [-0.05, 0) is 18.6 Å². The Morgan fingerprint density at radius 1 is 1.47 bits per heavy atom. The molecule has 17 heavy (non-hydrogen) atoms. The smallest absolute Gasteiger partial charge is 0.269 e. The summed E-state index contributed by atoms with van der Waals surface area (Å²) in [6.07, 6.45) is 2.56. The second-order valence-corrected chi connectivity index (χ2v) is 3.51. The van der Waals surface area contributed by atoms with Gasteiger partial charge in [-0.1, -0.05) is 0 Å². The van der Waals surface area contributed by atoms with Gasteiger partial charge in [-0.25, -0.2) is 0 Å². The van der Waals surface area contributed by atoms with E-state index in [1.807, 2.05) is 0 Å². The van der Waals surface area contributed by atoms with Crippen molar-refractivity contribution in [3.63, 3.8) is 0 Å². The minimum Gasteiger partial charge on any atom is -0.385 e. The summed E-state index contributed by atoms with van der Waals surface area (Å²) >= 11 is 0. The van der Waals surface area contributed by atoms with Crippen molar-refractivity contribution in [2.24, 2.45) is 5.73 Å². The molecule has 0 bridgehead atoms. The van der Waals surface area contributed by atoms with Crippen LogP contribution in [0.2, 0.25) is 0 Å². The van der Waals surface area contributed by atoms with Gasteiger partial charge in [0.15, 0.2) is 0 Å². The average Bonchev–Trinajstić information content (AvgIpc) is 2.34. The summed E-state index contributed by atoms with van der Waals surface area (Å²) in [5.41, 5.74) is 6.17. The highest BCUT2D eigenvalue weighted by atomic mass is 16.2. The maximum absolute atomic E-state index is 11.3.